The van der Waals surface area contributed by atoms with E-state index in [-0.39, 0.29) is 5.92 Å². The Balaban J connectivity index is 1.31. The van der Waals surface area contributed by atoms with E-state index < -0.39 is 6.17 Å². The van der Waals surface area contributed by atoms with Crippen molar-refractivity contribution in [3.8, 4) is 11.8 Å². The number of alkyl halides is 1. The summed E-state index contributed by atoms with van der Waals surface area (Å²) in [7, 11) is 0. The summed E-state index contributed by atoms with van der Waals surface area (Å²) in [5.74, 6) is 11.2. The van der Waals surface area contributed by atoms with Gasteiger partial charge in [0.15, 0.2) is 0 Å². The first-order valence-corrected chi connectivity index (χ1v) is 14.8. The minimum absolute atomic E-state index is 0.0303. The molecule has 3 aliphatic carbocycles. The summed E-state index contributed by atoms with van der Waals surface area (Å²) in [4.78, 5) is 0. The van der Waals surface area contributed by atoms with E-state index in [2.05, 4.69) is 25.7 Å². The van der Waals surface area contributed by atoms with Crippen molar-refractivity contribution in [1.29, 1.82) is 0 Å². The molecule has 0 saturated heterocycles. The molecule has 184 valence electrons. The van der Waals surface area contributed by atoms with Gasteiger partial charge < -0.3 is 0 Å². The Hall–Kier alpha value is -0.510. The second-order valence-corrected chi connectivity index (χ2v) is 11.8. The minimum Gasteiger partial charge on any atom is -0.246 e. The van der Waals surface area contributed by atoms with E-state index in [4.69, 9.17) is 0 Å². The van der Waals surface area contributed by atoms with Crippen LogP contribution in [0.15, 0.2) is 0 Å². The molecule has 0 nitrogen and oxygen atoms in total. The largest absolute Gasteiger partial charge is 0.246 e. The molecular weight excluding hydrogens is 391 g/mol. The van der Waals surface area contributed by atoms with Gasteiger partial charge in [-0.05, 0) is 81.5 Å². The van der Waals surface area contributed by atoms with Crippen LogP contribution < -0.4 is 0 Å². The molecule has 3 fully saturated rings. The predicted molar refractivity (Wildman–Crippen MR) is 137 cm³/mol. The number of unbranched alkanes of at least 4 members (excludes halogenated alkanes) is 5. The highest BCUT2D eigenvalue weighted by atomic mass is 19.1. The zero-order valence-electron chi connectivity index (χ0n) is 21.6. The highest BCUT2D eigenvalue weighted by Crippen LogP contribution is 2.42. The predicted octanol–water partition coefficient (Wildman–Crippen LogP) is 9.91. The third-order valence-corrected chi connectivity index (χ3v) is 9.37. The summed E-state index contributed by atoms with van der Waals surface area (Å²) in [6, 6.07) is 0. The Labute approximate surface area is 200 Å². The lowest BCUT2D eigenvalue weighted by Gasteiger charge is -2.37. The minimum atomic E-state index is -0.670. The summed E-state index contributed by atoms with van der Waals surface area (Å²) in [5, 5.41) is 0. The van der Waals surface area contributed by atoms with Gasteiger partial charge in [-0.2, -0.15) is 0 Å². The molecule has 0 aliphatic heterocycles. The molecule has 32 heavy (non-hydrogen) atoms. The van der Waals surface area contributed by atoms with Crippen LogP contribution in [0.5, 0.6) is 0 Å². The van der Waals surface area contributed by atoms with Crippen molar-refractivity contribution in [3.05, 3.63) is 0 Å². The number of hydrogen-bond acceptors (Lipinski definition) is 0. The van der Waals surface area contributed by atoms with Crippen molar-refractivity contribution >= 4 is 0 Å². The number of hydrogen-bond donors (Lipinski definition) is 0. The van der Waals surface area contributed by atoms with Crippen LogP contribution in [0.25, 0.3) is 0 Å². The van der Waals surface area contributed by atoms with E-state index >= 15 is 0 Å². The van der Waals surface area contributed by atoms with Gasteiger partial charge in [0.05, 0.1) is 5.92 Å². The van der Waals surface area contributed by atoms with Crippen LogP contribution in [0.1, 0.15) is 142 Å². The molecule has 3 atom stereocenters. The fraction of sp³-hybridized carbons (Fsp3) is 0.935. The lowest BCUT2D eigenvalue weighted by Crippen LogP contribution is -2.26. The molecule has 3 unspecified atom stereocenters. The van der Waals surface area contributed by atoms with Crippen molar-refractivity contribution in [2.24, 2.45) is 35.5 Å². The Morgan fingerprint density at radius 3 is 1.81 bits per heavy atom. The third-order valence-electron chi connectivity index (χ3n) is 9.37. The van der Waals surface area contributed by atoms with Crippen molar-refractivity contribution < 1.29 is 4.39 Å². The van der Waals surface area contributed by atoms with Gasteiger partial charge in [0.2, 0.25) is 0 Å². The number of halogens is 1. The molecule has 0 heterocycles. The van der Waals surface area contributed by atoms with Crippen molar-refractivity contribution in [1.82, 2.24) is 0 Å². The second kappa shape index (κ2) is 14.7. The Kier molecular flexibility index (Phi) is 12.0. The molecule has 1 heteroatoms. The summed E-state index contributed by atoms with van der Waals surface area (Å²) < 4.78 is 14.7. The molecule has 3 aliphatic rings. The van der Waals surface area contributed by atoms with E-state index in [0.717, 1.165) is 30.6 Å². The fourth-order valence-electron chi connectivity index (χ4n) is 7.07. The maximum Gasteiger partial charge on any atom is 0.114 e. The van der Waals surface area contributed by atoms with Crippen molar-refractivity contribution in [3.63, 3.8) is 0 Å². The van der Waals surface area contributed by atoms with Gasteiger partial charge in [0.1, 0.15) is 6.17 Å². The van der Waals surface area contributed by atoms with Gasteiger partial charge in [-0.3, -0.25) is 0 Å². The van der Waals surface area contributed by atoms with Crippen LogP contribution in [-0.2, 0) is 0 Å². The van der Waals surface area contributed by atoms with Crippen LogP contribution in [0.4, 0.5) is 4.39 Å². The van der Waals surface area contributed by atoms with Crippen LogP contribution in [0, 0.1) is 47.3 Å². The molecule has 3 rings (SSSR count). The first-order valence-electron chi connectivity index (χ1n) is 14.8. The smallest absolute Gasteiger partial charge is 0.114 e. The van der Waals surface area contributed by atoms with Crippen LogP contribution >= 0.6 is 0 Å². The van der Waals surface area contributed by atoms with Crippen molar-refractivity contribution in [2.75, 3.05) is 0 Å². The maximum atomic E-state index is 14.7. The normalized spacial score (nSPS) is 35.8. The Bertz CT molecular complexity index is 541. The monoisotopic (exact) mass is 444 g/mol. The first kappa shape index (κ1) is 26.1. The zero-order valence-corrected chi connectivity index (χ0v) is 21.6. The van der Waals surface area contributed by atoms with E-state index in [1.165, 1.54) is 116 Å². The van der Waals surface area contributed by atoms with Gasteiger partial charge in [-0.25, -0.2) is 4.39 Å². The lowest BCUT2D eigenvalue weighted by molar-refractivity contribution is 0.149. The average molecular weight is 445 g/mol. The van der Waals surface area contributed by atoms with E-state index in [9.17, 15) is 4.39 Å². The van der Waals surface area contributed by atoms with E-state index in [0.29, 0.717) is 11.8 Å². The van der Waals surface area contributed by atoms with Gasteiger partial charge in [-0.15, -0.1) is 0 Å². The van der Waals surface area contributed by atoms with Crippen LogP contribution in [0.3, 0.4) is 0 Å². The second-order valence-electron chi connectivity index (χ2n) is 11.8. The quantitative estimate of drug-likeness (QED) is 0.232. The first-order chi connectivity index (χ1) is 15.7. The topological polar surface area (TPSA) is 0 Å². The van der Waals surface area contributed by atoms with Crippen LogP contribution in [0.2, 0.25) is 0 Å². The molecule has 0 aromatic heterocycles. The summed E-state index contributed by atoms with van der Waals surface area (Å²) in [6.45, 7) is 4.56. The van der Waals surface area contributed by atoms with Gasteiger partial charge in [0.25, 0.3) is 0 Å². The van der Waals surface area contributed by atoms with Crippen molar-refractivity contribution in [2.45, 2.75) is 148 Å². The summed E-state index contributed by atoms with van der Waals surface area (Å²) in [5.41, 5.74) is 0. The molecule has 0 spiro atoms. The highest BCUT2D eigenvalue weighted by molar-refractivity contribution is 5.11. The zero-order chi connectivity index (χ0) is 22.6. The fourth-order valence-corrected chi connectivity index (χ4v) is 7.07. The molecule has 0 aromatic carbocycles. The van der Waals surface area contributed by atoms with Gasteiger partial charge in [0, 0.05) is 5.92 Å². The maximum absolute atomic E-state index is 14.7. The lowest BCUT2D eigenvalue weighted by atomic mass is 9.68. The molecule has 0 N–H and O–H groups in total. The van der Waals surface area contributed by atoms with Crippen LogP contribution in [-0.4, -0.2) is 6.17 Å². The molecule has 3 saturated carbocycles. The Morgan fingerprint density at radius 1 is 0.594 bits per heavy atom. The van der Waals surface area contributed by atoms with E-state index in [1.54, 1.807) is 0 Å². The SMILES string of the molecule is CCCCCC[C@H]1CC[C@H]([C@H]2CC[C@H](C#CC3CCC(CCCCC)CC3F)CC2)CC1. The molecule has 0 aromatic rings. The molecule has 0 radical (unpaired) electrons. The summed E-state index contributed by atoms with van der Waals surface area (Å²) >= 11 is 0. The van der Waals surface area contributed by atoms with Gasteiger partial charge in [-0.1, -0.05) is 96.3 Å². The highest BCUT2D eigenvalue weighted by Gasteiger charge is 2.31. The number of rotatable bonds is 10. The van der Waals surface area contributed by atoms with E-state index in [1.807, 2.05) is 0 Å². The molecule has 0 bridgehead atoms. The Morgan fingerprint density at radius 2 is 1.16 bits per heavy atom. The summed E-state index contributed by atoms with van der Waals surface area (Å²) in [6.07, 6.45) is 25.9. The average Bonchev–Trinajstić information content (AvgIpc) is 2.82. The molecule has 0 amide bonds. The third kappa shape index (κ3) is 8.69. The molecular formula is C31H53F. The van der Waals surface area contributed by atoms with Gasteiger partial charge >= 0.3 is 0 Å². The standard InChI is InChI=1S/C31H53F/c1-3-5-7-9-10-25-12-18-28(19-13-25)29-20-14-26(15-21-29)16-22-30-23-17-27(24-31(30)32)11-8-6-4-2/h25-31H,3-15,17-21,23-24H2,1-2H3/t25-,26-,27?,28-,29-,30?,31?.